The summed E-state index contributed by atoms with van der Waals surface area (Å²) >= 11 is 8.95. The second-order valence-electron chi connectivity index (χ2n) is 3.96. The van der Waals surface area contributed by atoms with Crippen LogP contribution in [-0.4, -0.2) is 5.24 Å². The minimum atomic E-state index is -0.316. The van der Waals surface area contributed by atoms with Gasteiger partial charge in [0.1, 0.15) is 0 Å². The maximum Gasteiger partial charge on any atom is 0.226 e. The zero-order chi connectivity index (χ0) is 12.5. The molecule has 0 fully saturated rings. The van der Waals surface area contributed by atoms with E-state index in [2.05, 4.69) is 30.3 Å². The van der Waals surface area contributed by atoms with Crippen LogP contribution >= 0.6 is 35.1 Å². The molecule has 0 N–H and O–H groups in total. The molecule has 1 aliphatic rings. The molecule has 18 heavy (non-hydrogen) atoms. The van der Waals surface area contributed by atoms with Gasteiger partial charge in [-0.1, -0.05) is 41.7 Å². The van der Waals surface area contributed by atoms with E-state index in [1.807, 2.05) is 12.1 Å². The Bertz CT molecular complexity index is 625. The van der Waals surface area contributed by atoms with E-state index >= 15 is 0 Å². The van der Waals surface area contributed by atoms with Crippen LogP contribution in [0.5, 0.6) is 0 Å². The van der Waals surface area contributed by atoms with E-state index in [-0.39, 0.29) is 5.24 Å². The van der Waals surface area contributed by atoms with E-state index in [1.54, 1.807) is 23.5 Å². The first-order chi connectivity index (χ1) is 8.72. The van der Waals surface area contributed by atoms with Crippen LogP contribution in [0.15, 0.2) is 62.0 Å². The fourth-order valence-electron chi connectivity index (χ4n) is 1.84. The van der Waals surface area contributed by atoms with E-state index < -0.39 is 0 Å². The fraction of sp³-hybridized carbons (Fsp3) is 0.0714. The third kappa shape index (κ3) is 2.44. The lowest BCUT2D eigenvalue weighted by atomic mass is 10.2. The molecule has 0 saturated heterocycles. The molecule has 1 heterocycles. The van der Waals surface area contributed by atoms with Crippen molar-refractivity contribution in [3.8, 4) is 0 Å². The molecule has 4 heteroatoms. The van der Waals surface area contributed by atoms with Crippen LogP contribution in [0.3, 0.4) is 0 Å². The summed E-state index contributed by atoms with van der Waals surface area (Å²) in [6, 6.07) is 14.4. The molecule has 0 spiro atoms. The van der Waals surface area contributed by atoms with Gasteiger partial charge in [-0.3, -0.25) is 4.79 Å². The Kier molecular flexibility index (Phi) is 3.37. The normalized spacial score (nSPS) is 12.7. The van der Waals surface area contributed by atoms with Gasteiger partial charge in [0.05, 0.1) is 0 Å². The van der Waals surface area contributed by atoms with Crippen LogP contribution in [0.1, 0.15) is 5.56 Å². The highest BCUT2D eigenvalue weighted by atomic mass is 35.5. The number of benzene rings is 2. The van der Waals surface area contributed by atoms with E-state index in [0.29, 0.717) is 6.42 Å². The maximum atomic E-state index is 10.9. The topological polar surface area (TPSA) is 17.1 Å². The number of halogens is 1. The first-order valence-electron chi connectivity index (χ1n) is 5.48. The second kappa shape index (κ2) is 5.00. The minimum Gasteiger partial charge on any atom is -0.281 e. The molecule has 0 aromatic heterocycles. The first-order valence-corrected chi connectivity index (χ1v) is 7.49. The van der Waals surface area contributed by atoms with Crippen LogP contribution in [0.2, 0.25) is 0 Å². The molecule has 0 bridgehead atoms. The van der Waals surface area contributed by atoms with Crippen LogP contribution in [0.4, 0.5) is 0 Å². The van der Waals surface area contributed by atoms with Crippen molar-refractivity contribution in [3.63, 3.8) is 0 Å². The summed E-state index contributed by atoms with van der Waals surface area (Å²) in [5.41, 5.74) is 0.973. The Labute approximate surface area is 119 Å². The van der Waals surface area contributed by atoms with Gasteiger partial charge < -0.3 is 0 Å². The monoisotopic (exact) mass is 292 g/mol. The summed E-state index contributed by atoms with van der Waals surface area (Å²) in [5, 5.41) is -0.316. The molecule has 0 amide bonds. The van der Waals surface area contributed by atoms with Gasteiger partial charge in [-0.15, -0.1) is 0 Å². The lowest BCUT2D eigenvalue weighted by Gasteiger charge is -2.18. The van der Waals surface area contributed by atoms with Crippen LogP contribution in [0, 0.1) is 0 Å². The molecular formula is C14H9ClOS2. The molecular weight excluding hydrogens is 284 g/mol. The smallest absolute Gasteiger partial charge is 0.226 e. The van der Waals surface area contributed by atoms with Gasteiger partial charge >= 0.3 is 0 Å². The van der Waals surface area contributed by atoms with Crippen LogP contribution < -0.4 is 0 Å². The third-order valence-electron chi connectivity index (χ3n) is 2.64. The summed E-state index contributed by atoms with van der Waals surface area (Å²) in [5.74, 6) is 0. The van der Waals surface area contributed by atoms with Crippen molar-refractivity contribution < 1.29 is 4.79 Å². The van der Waals surface area contributed by atoms with E-state index in [1.165, 1.54) is 19.6 Å². The number of carbonyl (C=O) groups is 1. The van der Waals surface area contributed by atoms with Crippen molar-refractivity contribution in [2.75, 3.05) is 0 Å². The first kappa shape index (κ1) is 12.2. The predicted molar refractivity (Wildman–Crippen MR) is 75.7 cm³/mol. The molecule has 0 unspecified atom stereocenters. The zero-order valence-electron chi connectivity index (χ0n) is 9.35. The van der Waals surface area contributed by atoms with Gasteiger partial charge in [0.2, 0.25) is 5.24 Å². The summed E-state index contributed by atoms with van der Waals surface area (Å²) in [6.07, 6.45) is 0.293. The minimum absolute atomic E-state index is 0.293. The summed E-state index contributed by atoms with van der Waals surface area (Å²) in [4.78, 5) is 15.9. The van der Waals surface area contributed by atoms with Crippen molar-refractivity contribution in [2.45, 2.75) is 26.0 Å². The number of rotatable bonds is 2. The zero-order valence-corrected chi connectivity index (χ0v) is 11.7. The Morgan fingerprint density at radius 2 is 1.56 bits per heavy atom. The van der Waals surface area contributed by atoms with Gasteiger partial charge in [-0.2, -0.15) is 0 Å². The van der Waals surface area contributed by atoms with Crippen molar-refractivity contribution in [3.05, 3.63) is 48.0 Å². The van der Waals surface area contributed by atoms with Crippen LogP contribution in [-0.2, 0) is 11.2 Å². The molecule has 0 saturated carbocycles. The maximum absolute atomic E-state index is 10.9. The highest BCUT2D eigenvalue weighted by Crippen LogP contribution is 2.48. The summed E-state index contributed by atoms with van der Waals surface area (Å²) in [6.45, 7) is 0. The van der Waals surface area contributed by atoms with Crippen molar-refractivity contribution in [2.24, 2.45) is 0 Å². The standard InChI is InChI=1S/C14H9ClOS2/c15-14(16)8-9-5-6-12-13(7-9)18-11-4-2-1-3-10(11)17-12/h1-7H,8H2. The van der Waals surface area contributed by atoms with Gasteiger partial charge in [0.15, 0.2) is 0 Å². The highest BCUT2D eigenvalue weighted by Gasteiger charge is 2.16. The molecule has 90 valence electrons. The largest absolute Gasteiger partial charge is 0.281 e. The third-order valence-corrected chi connectivity index (χ3v) is 5.32. The average molecular weight is 293 g/mol. The quantitative estimate of drug-likeness (QED) is 0.642. The van der Waals surface area contributed by atoms with Crippen molar-refractivity contribution in [1.82, 2.24) is 0 Å². The van der Waals surface area contributed by atoms with E-state index in [0.717, 1.165) is 5.56 Å². The molecule has 2 aromatic carbocycles. The summed E-state index contributed by atoms with van der Waals surface area (Å²) in [7, 11) is 0. The molecule has 2 aromatic rings. The average Bonchev–Trinajstić information content (AvgIpc) is 2.35. The Balaban J connectivity index is 1.96. The number of carbonyl (C=O) groups excluding carboxylic acids is 1. The lowest BCUT2D eigenvalue weighted by Crippen LogP contribution is -1.96. The molecule has 1 aliphatic heterocycles. The fourth-order valence-corrected chi connectivity index (χ4v) is 4.28. The lowest BCUT2D eigenvalue weighted by molar-refractivity contribution is -0.111. The van der Waals surface area contributed by atoms with E-state index in [4.69, 9.17) is 11.6 Å². The van der Waals surface area contributed by atoms with Gasteiger partial charge in [-0.05, 0) is 41.4 Å². The molecule has 0 aliphatic carbocycles. The molecule has 3 rings (SSSR count). The molecule has 1 nitrogen and oxygen atoms in total. The molecule has 0 radical (unpaired) electrons. The van der Waals surface area contributed by atoms with E-state index in [9.17, 15) is 4.79 Å². The number of fused-ring (bicyclic) bond motifs is 2. The van der Waals surface area contributed by atoms with Gasteiger partial charge in [0.25, 0.3) is 0 Å². The predicted octanol–water partition coefficient (Wildman–Crippen LogP) is 4.61. The summed E-state index contributed by atoms with van der Waals surface area (Å²) < 4.78 is 0. The second-order valence-corrected chi connectivity index (χ2v) is 6.55. The van der Waals surface area contributed by atoms with Crippen LogP contribution in [0.25, 0.3) is 0 Å². The SMILES string of the molecule is O=C(Cl)Cc1ccc2c(c1)Sc1ccccc1S2. The number of hydrogen-bond acceptors (Lipinski definition) is 3. The Hall–Kier alpha value is -0.900. The Morgan fingerprint density at radius 3 is 2.22 bits per heavy atom. The van der Waals surface area contributed by atoms with Gasteiger partial charge in [-0.25, -0.2) is 0 Å². The van der Waals surface area contributed by atoms with Crippen molar-refractivity contribution in [1.29, 1.82) is 0 Å². The molecule has 0 atom stereocenters. The Morgan fingerprint density at radius 1 is 0.944 bits per heavy atom. The van der Waals surface area contributed by atoms with Crippen molar-refractivity contribution >= 4 is 40.4 Å². The highest BCUT2D eigenvalue weighted by molar-refractivity contribution is 8.05. The van der Waals surface area contributed by atoms with Gasteiger partial charge in [0, 0.05) is 26.0 Å². The number of hydrogen-bond donors (Lipinski definition) is 0.